The number of carbonyl (C=O) groups is 1. The van der Waals surface area contributed by atoms with Crippen LogP contribution in [0.1, 0.15) is 26.7 Å². The van der Waals surface area contributed by atoms with Gasteiger partial charge < -0.3 is 14.6 Å². The Morgan fingerprint density at radius 2 is 2.03 bits per heavy atom. The highest BCUT2D eigenvalue weighted by Gasteiger charge is 2.25. The van der Waals surface area contributed by atoms with Crippen molar-refractivity contribution in [3.8, 4) is 17.1 Å². The second-order valence-electron chi connectivity index (χ2n) is 7.15. The van der Waals surface area contributed by atoms with Crippen molar-refractivity contribution < 1.29 is 22.5 Å². The van der Waals surface area contributed by atoms with Crippen LogP contribution in [0.5, 0.6) is 5.75 Å². The van der Waals surface area contributed by atoms with E-state index in [-0.39, 0.29) is 27.8 Å². The lowest BCUT2D eigenvalue weighted by Gasteiger charge is -2.15. The van der Waals surface area contributed by atoms with Gasteiger partial charge in [0.1, 0.15) is 5.75 Å². The van der Waals surface area contributed by atoms with Gasteiger partial charge >= 0.3 is 0 Å². The maximum atomic E-state index is 12.4. The van der Waals surface area contributed by atoms with Crippen molar-refractivity contribution in [2.24, 2.45) is 5.41 Å². The van der Waals surface area contributed by atoms with Crippen molar-refractivity contribution in [3.63, 3.8) is 0 Å². The number of amides is 1. The fraction of sp³-hybridized carbons (Fsp3) is 0.353. The molecule has 2 aromatic heterocycles. The van der Waals surface area contributed by atoms with E-state index in [9.17, 15) is 13.2 Å². The largest absolute Gasteiger partial charge is 0.497 e. The van der Waals surface area contributed by atoms with E-state index in [4.69, 9.17) is 9.26 Å². The van der Waals surface area contributed by atoms with Gasteiger partial charge in [0.05, 0.1) is 13.7 Å². The Balaban J connectivity index is 1.66. The number of benzene rings is 1. The zero-order valence-electron chi connectivity index (χ0n) is 16.7. The molecule has 1 aromatic carbocycles. The highest BCUT2D eigenvalue weighted by molar-refractivity contribution is 7.91. The lowest BCUT2D eigenvalue weighted by molar-refractivity contribution is -0.123. The molecular weight excluding hydrogens is 432 g/mol. The normalized spacial score (nSPS) is 12.0. The fourth-order valence-electron chi connectivity index (χ4n) is 2.08. The first kappa shape index (κ1) is 21.8. The van der Waals surface area contributed by atoms with E-state index in [1.807, 2.05) is 0 Å². The number of hydrogen-bond donors (Lipinski definition) is 2. The van der Waals surface area contributed by atoms with E-state index in [2.05, 4.69) is 30.4 Å². The van der Waals surface area contributed by atoms with Gasteiger partial charge in [0.15, 0.2) is 0 Å². The maximum Gasteiger partial charge on any atom is 0.270 e. The molecule has 0 spiro atoms. The van der Waals surface area contributed by atoms with E-state index in [1.165, 1.54) is 0 Å². The Bertz CT molecular complexity index is 1150. The van der Waals surface area contributed by atoms with Crippen molar-refractivity contribution in [2.75, 3.05) is 12.4 Å². The first-order chi connectivity index (χ1) is 14.1. The number of nitrogens with zero attached hydrogens (tertiary/aromatic N) is 4. The van der Waals surface area contributed by atoms with Crippen molar-refractivity contribution in [1.29, 1.82) is 0 Å². The molecule has 1 amide bonds. The van der Waals surface area contributed by atoms with Crippen molar-refractivity contribution in [1.82, 2.24) is 25.1 Å². The molecule has 2 N–H and O–H groups in total. The van der Waals surface area contributed by atoms with Crippen molar-refractivity contribution in [2.45, 2.75) is 31.7 Å². The van der Waals surface area contributed by atoms with Crippen LogP contribution in [-0.2, 0) is 21.4 Å². The smallest absolute Gasteiger partial charge is 0.270 e. The monoisotopic (exact) mass is 452 g/mol. The van der Waals surface area contributed by atoms with Crippen LogP contribution >= 0.6 is 11.3 Å². The second-order valence-corrected chi connectivity index (χ2v) is 10.1. The van der Waals surface area contributed by atoms with E-state index in [0.717, 1.165) is 11.3 Å². The highest BCUT2D eigenvalue weighted by atomic mass is 32.2. The fourth-order valence-corrected chi connectivity index (χ4v) is 3.99. The standard InChI is InChI=1S/C17H20N6O5S2/c1-17(2,3)14(24)20-15-21-22-16(29-15)30(25,26)18-9-12-19-13(23-28-12)10-6-5-7-11(8-10)27-4/h5-8,18H,9H2,1-4H3,(H,20,21,24). The van der Waals surface area contributed by atoms with E-state index < -0.39 is 15.4 Å². The van der Waals surface area contributed by atoms with Gasteiger partial charge in [-0.25, -0.2) is 8.42 Å². The van der Waals surface area contributed by atoms with Gasteiger partial charge in [0.25, 0.3) is 10.0 Å². The molecule has 3 rings (SSSR count). The molecule has 0 aliphatic heterocycles. The molecule has 0 saturated heterocycles. The zero-order chi connectivity index (χ0) is 21.9. The third-order valence-electron chi connectivity index (χ3n) is 3.75. The summed E-state index contributed by atoms with van der Waals surface area (Å²) in [5.41, 5.74) is 0.0112. The molecule has 13 heteroatoms. The molecule has 0 saturated carbocycles. The number of rotatable bonds is 7. The van der Waals surface area contributed by atoms with Crippen molar-refractivity contribution >= 4 is 32.4 Å². The minimum Gasteiger partial charge on any atom is -0.497 e. The molecule has 0 unspecified atom stereocenters. The number of sulfonamides is 1. The summed E-state index contributed by atoms with van der Waals surface area (Å²) in [6, 6.07) is 7.06. The lowest BCUT2D eigenvalue weighted by Crippen LogP contribution is -2.27. The van der Waals surface area contributed by atoms with Gasteiger partial charge in [-0.3, -0.25) is 4.79 Å². The molecule has 30 heavy (non-hydrogen) atoms. The van der Waals surface area contributed by atoms with Crippen molar-refractivity contribution in [3.05, 3.63) is 30.2 Å². The predicted molar refractivity (Wildman–Crippen MR) is 108 cm³/mol. The minimum absolute atomic E-state index is 0.0715. The summed E-state index contributed by atoms with van der Waals surface area (Å²) < 4.78 is 37.2. The highest BCUT2D eigenvalue weighted by Crippen LogP contribution is 2.24. The molecule has 3 aromatic rings. The number of methoxy groups -OCH3 is 1. The lowest BCUT2D eigenvalue weighted by atomic mass is 9.96. The Labute approximate surface area is 176 Å². The molecular formula is C17H20N6O5S2. The van der Waals surface area contributed by atoms with Crippen LogP contribution in [0.15, 0.2) is 33.1 Å². The summed E-state index contributed by atoms with van der Waals surface area (Å²) >= 11 is 0.740. The Kier molecular flexibility index (Phi) is 6.14. The topological polar surface area (TPSA) is 149 Å². The third kappa shape index (κ3) is 5.17. The van der Waals surface area contributed by atoms with Gasteiger partial charge in [-0.15, -0.1) is 10.2 Å². The number of ether oxygens (including phenoxy) is 1. The van der Waals surface area contributed by atoms with Crippen LogP contribution in [0.2, 0.25) is 0 Å². The second kappa shape index (κ2) is 8.45. The van der Waals surface area contributed by atoms with E-state index >= 15 is 0 Å². The van der Waals surface area contributed by atoms with Crippen LogP contribution in [0.3, 0.4) is 0 Å². The van der Waals surface area contributed by atoms with Gasteiger partial charge in [0, 0.05) is 11.0 Å². The number of anilines is 1. The Hall–Kier alpha value is -2.90. The molecule has 2 heterocycles. The van der Waals surface area contributed by atoms with Crippen LogP contribution in [0.25, 0.3) is 11.4 Å². The predicted octanol–water partition coefficient (Wildman–Crippen LogP) is 2.06. The summed E-state index contributed by atoms with van der Waals surface area (Å²) in [5, 5.41) is 13.8. The Morgan fingerprint density at radius 1 is 1.27 bits per heavy atom. The van der Waals surface area contributed by atoms with E-state index in [1.54, 1.807) is 52.1 Å². The molecule has 0 bridgehead atoms. The zero-order valence-corrected chi connectivity index (χ0v) is 18.3. The summed E-state index contributed by atoms with van der Waals surface area (Å²) in [5.74, 6) is 0.699. The molecule has 0 aliphatic carbocycles. The molecule has 0 radical (unpaired) electrons. The Morgan fingerprint density at radius 3 is 2.73 bits per heavy atom. The average molecular weight is 453 g/mol. The number of aromatic nitrogens is 4. The molecule has 11 nitrogen and oxygen atoms in total. The third-order valence-corrected chi connectivity index (χ3v) is 6.35. The molecule has 0 fully saturated rings. The van der Waals surface area contributed by atoms with Gasteiger partial charge in [0.2, 0.25) is 27.1 Å². The summed E-state index contributed by atoms with van der Waals surface area (Å²) in [6.07, 6.45) is 0. The molecule has 0 atom stereocenters. The SMILES string of the molecule is COc1cccc(-c2noc(CNS(=O)(=O)c3nnc(NC(=O)C(C)(C)C)s3)n2)c1. The first-order valence-electron chi connectivity index (χ1n) is 8.70. The van der Waals surface area contributed by atoms with Crippen LogP contribution in [0.4, 0.5) is 5.13 Å². The molecule has 160 valence electrons. The van der Waals surface area contributed by atoms with E-state index in [0.29, 0.717) is 17.1 Å². The van der Waals surface area contributed by atoms with Gasteiger partial charge in [-0.05, 0) is 12.1 Å². The van der Waals surface area contributed by atoms with Gasteiger partial charge in [-0.2, -0.15) is 9.71 Å². The molecule has 0 aliphatic rings. The minimum atomic E-state index is -3.98. The van der Waals surface area contributed by atoms with Crippen LogP contribution in [0, 0.1) is 5.41 Å². The number of carbonyl (C=O) groups excluding carboxylic acids is 1. The quantitative estimate of drug-likeness (QED) is 0.514. The maximum absolute atomic E-state index is 12.4. The van der Waals surface area contributed by atoms with Crippen LogP contribution < -0.4 is 14.8 Å². The van der Waals surface area contributed by atoms with Gasteiger partial charge in [-0.1, -0.05) is 49.4 Å². The summed E-state index contributed by atoms with van der Waals surface area (Å²) in [4.78, 5) is 16.2. The number of hydrogen-bond acceptors (Lipinski definition) is 10. The van der Waals surface area contributed by atoms with Crippen LogP contribution in [-0.4, -0.2) is 41.8 Å². The average Bonchev–Trinajstić information content (AvgIpc) is 3.36. The summed E-state index contributed by atoms with van der Waals surface area (Å²) in [6.45, 7) is 4.95. The number of nitrogens with one attached hydrogen (secondary N) is 2. The summed E-state index contributed by atoms with van der Waals surface area (Å²) in [7, 11) is -2.43. The first-order valence-corrected chi connectivity index (χ1v) is 11.0.